The lowest BCUT2D eigenvalue weighted by molar-refractivity contribution is -0.120. The van der Waals surface area contributed by atoms with Crippen molar-refractivity contribution in [3.05, 3.63) is 24.3 Å². The number of nitrogens with one attached hydrogen (secondary N) is 2. The van der Waals surface area contributed by atoms with Crippen molar-refractivity contribution in [1.29, 1.82) is 0 Å². The van der Waals surface area contributed by atoms with Crippen LogP contribution in [0, 0.1) is 0 Å². The molecule has 2 rings (SSSR count). The molecule has 1 aliphatic rings. The van der Waals surface area contributed by atoms with Gasteiger partial charge < -0.3 is 15.4 Å². The van der Waals surface area contributed by atoms with Crippen LogP contribution in [0.2, 0.25) is 0 Å². The van der Waals surface area contributed by atoms with E-state index in [9.17, 15) is 4.79 Å². The molecular weight excluding hydrogens is 266 g/mol. The van der Waals surface area contributed by atoms with Gasteiger partial charge in [0.25, 0.3) is 0 Å². The molecule has 5 nitrogen and oxygen atoms in total. The summed E-state index contributed by atoms with van der Waals surface area (Å²) in [6, 6.07) is 7.40. The standard InChI is InChI=1S/C16H25N3O2/c1-12(2)21-15-6-4-14(5-7-15)18-16(20)13(3)19-10-8-17-9-11-19/h4-7,12-13,17H,8-11H2,1-3H3,(H,18,20). The number of ether oxygens (including phenoxy) is 1. The quantitative estimate of drug-likeness (QED) is 0.867. The monoisotopic (exact) mass is 291 g/mol. The average Bonchev–Trinajstić information content (AvgIpc) is 2.49. The molecule has 116 valence electrons. The summed E-state index contributed by atoms with van der Waals surface area (Å²) in [5, 5.41) is 6.26. The van der Waals surface area contributed by atoms with Gasteiger partial charge in [0.2, 0.25) is 5.91 Å². The van der Waals surface area contributed by atoms with E-state index in [0.717, 1.165) is 37.6 Å². The van der Waals surface area contributed by atoms with Gasteiger partial charge in [-0.1, -0.05) is 0 Å². The fraction of sp³-hybridized carbons (Fsp3) is 0.562. The van der Waals surface area contributed by atoms with Gasteiger partial charge in [-0.2, -0.15) is 0 Å². The molecule has 0 aromatic heterocycles. The van der Waals surface area contributed by atoms with Crippen molar-refractivity contribution in [2.24, 2.45) is 0 Å². The first-order valence-electron chi connectivity index (χ1n) is 7.58. The summed E-state index contributed by atoms with van der Waals surface area (Å²) in [5.41, 5.74) is 0.804. The highest BCUT2D eigenvalue weighted by atomic mass is 16.5. The molecule has 21 heavy (non-hydrogen) atoms. The Balaban J connectivity index is 1.89. The summed E-state index contributed by atoms with van der Waals surface area (Å²) < 4.78 is 5.59. The maximum Gasteiger partial charge on any atom is 0.241 e. The zero-order valence-electron chi connectivity index (χ0n) is 13.1. The summed E-state index contributed by atoms with van der Waals surface area (Å²) >= 11 is 0. The second-order valence-corrected chi connectivity index (χ2v) is 5.64. The number of benzene rings is 1. The van der Waals surface area contributed by atoms with E-state index in [-0.39, 0.29) is 18.1 Å². The molecule has 1 amide bonds. The third-order valence-corrected chi connectivity index (χ3v) is 3.57. The van der Waals surface area contributed by atoms with Crippen molar-refractivity contribution in [2.45, 2.75) is 32.9 Å². The smallest absolute Gasteiger partial charge is 0.241 e. The first kappa shape index (κ1) is 15.8. The molecule has 1 fully saturated rings. The number of carbonyl (C=O) groups excluding carboxylic acids is 1. The molecule has 5 heteroatoms. The van der Waals surface area contributed by atoms with Crippen LogP contribution in [-0.4, -0.2) is 49.1 Å². The van der Waals surface area contributed by atoms with Crippen molar-refractivity contribution >= 4 is 11.6 Å². The summed E-state index contributed by atoms with van der Waals surface area (Å²) in [6.45, 7) is 9.65. The number of rotatable bonds is 5. The van der Waals surface area contributed by atoms with Gasteiger partial charge in [-0.15, -0.1) is 0 Å². The van der Waals surface area contributed by atoms with Crippen molar-refractivity contribution in [1.82, 2.24) is 10.2 Å². The van der Waals surface area contributed by atoms with Gasteiger partial charge in [0.15, 0.2) is 0 Å². The van der Waals surface area contributed by atoms with E-state index in [2.05, 4.69) is 15.5 Å². The second kappa shape index (κ2) is 7.43. The Morgan fingerprint density at radius 2 is 1.81 bits per heavy atom. The van der Waals surface area contributed by atoms with Gasteiger partial charge in [-0.25, -0.2) is 0 Å². The predicted molar refractivity (Wildman–Crippen MR) is 84.7 cm³/mol. The summed E-state index contributed by atoms with van der Waals surface area (Å²) in [7, 11) is 0. The Kier molecular flexibility index (Phi) is 5.59. The van der Waals surface area contributed by atoms with E-state index in [1.807, 2.05) is 45.0 Å². The number of anilines is 1. The van der Waals surface area contributed by atoms with Crippen LogP contribution in [0.5, 0.6) is 5.75 Å². The Morgan fingerprint density at radius 1 is 1.19 bits per heavy atom. The number of amides is 1. The molecule has 1 unspecified atom stereocenters. The highest BCUT2D eigenvalue weighted by Gasteiger charge is 2.22. The molecule has 0 saturated carbocycles. The number of hydrogen-bond acceptors (Lipinski definition) is 4. The third kappa shape index (κ3) is 4.72. The van der Waals surface area contributed by atoms with Crippen LogP contribution in [0.25, 0.3) is 0 Å². The lowest BCUT2D eigenvalue weighted by Gasteiger charge is -2.31. The molecular formula is C16H25N3O2. The van der Waals surface area contributed by atoms with E-state index in [1.165, 1.54) is 0 Å². The molecule has 0 spiro atoms. The SMILES string of the molecule is CC(C)Oc1ccc(NC(=O)C(C)N2CCNCC2)cc1. The van der Waals surface area contributed by atoms with Crippen LogP contribution in [0.1, 0.15) is 20.8 Å². The van der Waals surface area contributed by atoms with Crippen LogP contribution >= 0.6 is 0 Å². The Bertz CT molecular complexity index is 453. The van der Waals surface area contributed by atoms with E-state index in [0.29, 0.717) is 0 Å². The molecule has 1 aromatic rings. The maximum atomic E-state index is 12.3. The molecule has 1 atom stereocenters. The van der Waals surface area contributed by atoms with E-state index < -0.39 is 0 Å². The lowest BCUT2D eigenvalue weighted by Crippen LogP contribution is -2.51. The highest BCUT2D eigenvalue weighted by molar-refractivity contribution is 5.94. The highest BCUT2D eigenvalue weighted by Crippen LogP contribution is 2.17. The number of carbonyl (C=O) groups is 1. The lowest BCUT2D eigenvalue weighted by atomic mass is 10.2. The van der Waals surface area contributed by atoms with E-state index in [1.54, 1.807) is 0 Å². The van der Waals surface area contributed by atoms with E-state index in [4.69, 9.17) is 4.74 Å². The predicted octanol–water partition coefficient (Wildman–Crippen LogP) is 1.71. The van der Waals surface area contributed by atoms with Gasteiger partial charge >= 0.3 is 0 Å². The van der Waals surface area contributed by atoms with Gasteiger partial charge in [0.1, 0.15) is 5.75 Å². The van der Waals surface area contributed by atoms with Gasteiger partial charge in [0.05, 0.1) is 12.1 Å². The van der Waals surface area contributed by atoms with Crippen LogP contribution in [0.4, 0.5) is 5.69 Å². The molecule has 0 aliphatic carbocycles. The third-order valence-electron chi connectivity index (χ3n) is 3.57. The van der Waals surface area contributed by atoms with Crippen LogP contribution in [-0.2, 0) is 4.79 Å². The van der Waals surface area contributed by atoms with Gasteiger partial charge in [-0.05, 0) is 45.0 Å². The topological polar surface area (TPSA) is 53.6 Å². The fourth-order valence-electron chi connectivity index (χ4n) is 2.37. The number of hydrogen-bond donors (Lipinski definition) is 2. The largest absolute Gasteiger partial charge is 0.491 e. The van der Waals surface area contributed by atoms with Crippen LogP contribution in [0.3, 0.4) is 0 Å². The molecule has 2 N–H and O–H groups in total. The minimum Gasteiger partial charge on any atom is -0.491 e. The van der Waals surface area contributed by atoms with Crippen LogP contribution < -0.4 is 15.4 Å². The Labute approximate surface area is 126 Å². The summed E-state index contributed by atoms with van der Waals surface area (Å²) in [4.78, 5) is 14.5. The number of piperazine rings is 1. The summed E-state index contributed by atoms with van der Waals surface area (Å²) in [6.07, 6.45) is 0.151. The first-order valence-corrected chi connectivity index (χ1v) is 7.58. The molecule has 1 saturated heterocycles. The van der Waals surface area contributed by atoms with Gasteiger partial charge in [-0.3, -0.25) is 9.69 Å². The zero-order chi connectivity index (χ0) is 15.2. The molecule has 0 radical (unpaired) electrons. The van der Waals surface area contributed by atoms with Crippen molar-refractivity contribution in [3.8, 4) is 5.75 Å². The maximum absolute atomic E-state index is 12.3. The summed E-state index contributed by atoms with van der Waals surface area (Å²) in [5.74, 6) is 0.854. The molecule has 0 bridgehead atoms. The Morgan fingerprint density at radius 3 is 2.38 bits per heavy atom. The molecule has 1 aromatic carbocycles. The molecule has 1 heterocycles. The van der Waals surface area contributed by atoms with E-state index >= 15 is 0 Å². The fourth-order valence-corrected chi connectivity index (χ4v) is 2.37. The van der Waals surface area contributed by atoms with Crippen LogP contribution in [0.15, 0.2) is 24.3 Å². The number of nitrogens with zero attached hydrogens (tertiary/aromatic N) is 1. The minimum absolute atomic E-state index is 0.0365. The minimum atomic E-state index is -0.112. The van der Waals surface area contributed by atoms with Crippen molar-refractivity contribution in [2.75, 3.05) is 31.5 Å². The van der Waals surface area contributed by atoms with Crippen molar-refractivity contribution in [3.63, 3.8) is 0 Å². The zero-order valence-corrected chi connectivity index (χ0v) is 13.1. The molecule has 1 aliphatic heterocycles. The second-order valence-electron chi connectivity index (χ2n) is 5.64. The first-order chi connectivity index (χ1) is 10.1. The van der Waals surface area contributed by atoms with Gasteiger partial charge in [0, 0.05) is 31.9 Å². The van der Waals surface area contributed by atoms with Crippen molar-refractivity contribution < 1.29 is 9.53 Å². The average molecular weight is 291 g/mol. The normalized spacial score (nSPS) is 17.5. The Hall–Kier alpha value is -1.59.